The second-order valence-electron chi connectivity index (χ2n) is 10.2. The van der Waals surface area contributed by atoms with E-state index in [4.69, 9.17) is 0 Å². The maximum absolute atomic E-state index is 13.8. The normalized spacial score (nSPS) is 15.7. The highest BCUT2D eigenvalue weighted by atomic mass is 79.9. The van der Waals surface area contributed by atoms with E-state index in [2.05, 4.69) is 27.5 Å². The summed E-state index contributed by atoms with van der Waals surface area (Å²) in [6.45, 7) is 8.68. The zero-order valence-electron chi connectivity index (χ0n) is 22.1. The van der Waals surface area contributed by atoms with Gasteiger partial charge >= 0.3 is 0 Å². The number of anilines is 1. The number of fused-ring (bicyclic) bond motifs is 1. The summed E-state index contributed by atoms with van der Waals surface area (Å²) in [5.74, 6) is 0.615. The zero-order valence-corrected chi connectivity index (χ0v) is 23.7. The number of nitrogens with zero attached hydrogens (tertiary/aromatic N) is 6. The number of pyridine rings is 1. The molecule has 12 heteroatoms. The summed E-state index contributed by atoms with van der Waals surface area (Å²) in [7, 11) is 0. The van der Waals surface area contributed by atoms with Crippen LogP contribution in [-0.2, 0) is 16.1 Å². The summed E-state index contributed by atoms with van der Waals surface area (Å²) in [6.07, 6.45) is 2.90. The molecule has 5 rings (SSSR count). The van der Waals surface area contributed by atoms with Crippen molar-refractivity contribution in [3.05, 3.63) is 75.0 Å². The van der Waals surface area contributed by atoms with Gasteiger partial charge in [-0.3, -0.25) is 24.5 Å². The molecule has 11 nitrogen and oxygen atoms in total. The summed E-state index contributed by atoms with van der Waals surface area (Å²) in [5, 5.41) is 11.7. The van der Waals surface area contributed by atoms with Gasteiger partial charge in [0.25, 0.3) is 11.6 Å². The summed E-state index contributed by atoms with van der Waals surface area (Å²) < 4.78 is 2.76. The predicted molar refractivity (Wildman–Crippen MR) is 153 cm³/mol. The SMILES string of the molecule is C=CC(=O)N1CC(CC(=O)Cn2c(C)c(C(=O)N3CCN(c4ccc([N+](=O)[O-])cn4)CC3)c3cc(Br)ccc32)C1. The smallest absolute Gasteiger partial charge is 0.287 e. The molecule has 2 aliphatic rings. The van der Waals surface area contributed by atoms with Gasteiger partial charge in [0.2, 0.25) is 5.91 Å². The maximum Gasteiger partial charge on any atom is 0.287 e. The van der Waals surface area contributed by atoms with Gasteiger partial charge in [-0.05, 0) is 37.3 Å². The van der Waals surface area contributed by atoms with Crippen molar-refractivity contribution in [2.24, 2.45) is 5.92 Å². The first kappa shape index (κ1) is 27.5. The van der Waals surface area contributed by atoms with E-state index in [0.29, 0.717) is 57.1 Å². The molecule has 0 spiro atoms. The van der Waals surface area contributed by atoms with E-state index >= 15 is 0 Å². The van der Waals surface area contributed by atoms with Crippen LogP contribution in [-0.4, -0.2) is 81.1 Å². The molecule has 0 unspecified atom stereocenters. The van der Waals surface area contributed by atoms with Gasteiger partial charge in [0.05, 0.1) is 17.0 Å². The highest BCUT2D eigenvalue weighted by Crippen LogP contribution is 2.31. The number of piperazine rings is 1. The molecule has 0 bridgehead atoms. The number of halogens is 1. The standard InChI is InChI=1S/C28H29BrN6O5/c1-3-26(37)33-15-19(16-33)12-22(36)17-34-18(2)27(23-13-20(29)4-6-24(23)34)28(38)32-10-8-31(9-11-32)25-7-5-21(14-30-25)35(39)40/h3-7,13-14,19H,1,8-12,15-17H2,2H3. The maximum atomic E-state index is 13.8. The number of amides is 2. The number of hydrogen-bond donors (Lipinski definition) is 0. The number of hydrogen-bond acceptors (Lipinski definition) is 7. The lowest BCUT2D eigenvalue weighted by molar-refractivity contribution is -0.385. The van der Waals surface area contributed by atoms with Crippen LogP contribution in [0.5, 0.6) is 0 Å². The fourth-order valence-electron chi connectivity index (χ4n) is 5.47. The van der Waals surface area contributed by atoms with E-state index in [1.165, 1.54) is 18.3 Å². The molecule has 1 aromatic carbocycles. The molecule has 0 aliphatic carbocycles. The van der Waals surface area contributed by atoms with E-state index in [0.717, 1.165) is 21.1 Å². The second-order valence-corrected chi connectivity index (χ2v) is 11.1. The fourth-order valence-corrected chi connectivity index (χ4v) is 5.83. The van der Waals surface area contributed by atoms with Gasteiger partial charge in [-0.15, -0.1) is 0 Å². The van der Waals surface area contributed by atoms with Gasteiger partial charge in [-0.25, -0.2) is 4.98 Å². The Morgan fingerprint density at radius 3 is 2.48 bits per heavy atom. The molecule has 4 heterocycles. The number of carbonyl (C=O) groups is 3. The van der Waals surface area contributed by atoms with Crippen molar-refractivity contribution in [2.75, 3.05) is 44.2 Å². The molecule has 0 saturated carbocycles. The van der Waals surface area contributed by atoms with E-state index in [1.54, 1.807) is 15.9 Å². The number of aromatic nitrogens is 2. The molecule has 3 aromatic rings. The van der Waals surface area contributed by atoms with Crippen molar-refractivity contribution in [3.63, 3.8) is 0 Å². The van der Waals surface area contributed by atoms with Crippen LogP contribution in [0.4, 0.5) is 11.5 Å². The fraction of sp³-hybridized carbons (Fsp3) is 0.357. The predicted octanol–water partition coefficient (Wildman–Crippen LogP) is 3.58. The molecule has 0 radical (unpaired) electrons. The number of benzene rings is 1. The Bertz CT molecular complexity index is 1500. The summed E-state index contributed by atoms with van der Waals surface area (Å²) >= 11 is 3.52. The first-order valence-corrected chi connectivity index (χ1v) is 13.8. The van der Waals surface area contributed by atoms with Gasteiger partial charge in [-0.1, -0.05) is 22.5 Å². The van der Waals surface area contributed by atoms with Crippen molar-refractivity contribution >= 4 is 55.9 Å². The van der Waals surface area contributed by atoms with Crippen molar-refractivity contribution in [3.8, 4) is 0 Å². The second kappa shape index (κ2) is 11.2. The first-order chi connectivity index (χ1) is 19.2. The quantitative estimate of drug-likeness (QED) is 0.217. The van der Waals surface area contributed by atoms with E-state index in [-0.39, 0.29) is 35.7 Å². The zero-order chi connectivity index (χ0) is 28.6. The lowest BCUT2D eigenvalue weighted by atomic mass is 9.94. The third-order valence-corrected chi connectivity index (χ3v) is 8.12. The monoisotopic (exact) mass is 608 g/mol. The Kier molecular flexibility index (Phi) is 7.70. The third-order valence-electron chi connectivity index (χ3n) is 7.63. The topological polar surface area (TPSA) is 122 Å². The van der Waals surface area contributed by atoms with E-state index < -0.39 is 4.92 Å². The molecule has 2 aromatic heterocycles. The Labute approximate surface area is 239 Å². The van der Waals surface area contributed by atoms with Gasteiger partial charge < -0.3 is 19.3 Å². The third kappa shape index (κ3) is 5.35. The van der Waals surface area contributed by atoms with Crippen LogP contribution in [0.15, 0.2) is 53.7 Å². The molecule has 40 heavy (non-hydrogen) atoms. The largest absolute Gasteiger partial charge is 0.353 e. The van der Waals surface area contributed by atoms with Crippen molar-refractivity contribution in [1.82, 2.24) is 19.4 Å². The highest BCUT2D eigenvalue weighted by molar-refractivity contribution is 9.10. The number of ketones is 1. The lowest BCUT2D eigenvalue weighted by Gasteiger charge is -2.38. The summed E-state index contributed by atoms with van der Waals surface area (Å²) in [6, 6.07) is 8.79. The van der Waals surface area contributed by atoms with Crippen LogP contribution in [0, 0.1) is 23.0 Å². The molecule has 2 fully saturated rings. The molecular formula is C28H29BrN6O5. The summed E-state index contributed by atoms with van der Waals surface area (Å²) in [4.78, 5) is 58.7. The average Bonchev–Trinajstić information content (AvgIpc) is 3.19. The number of rotatable bonds is 8. The van der Waals surface area contributed by atoms with Crippen molar-refractivity contribution < 1.29 is 19.3 Å². The van der Waals surface area contributed by atoms with Gasteiger partial charge in [-0.2, -0.15) is 0 Å². The first-order valence-electron chi connectivity index (χ1n) is 13.0. The Hall–Kier alpha value is -4.06. The molecule has 0 N–H and O–H groups in total. The van der Waals surface area contributed by atoms with Gasteiger partial charge in [0.15, 0.2) is 5.78 Å². The number of Topliss-reactive ketones (excluding diaryl/α,β-unsaturated/α-hetero) is 1. The van der Waals surface area contributed by atoms with Gasteiger partial charge in [0.1, 0.15) is 12.0 Å². The van der Waals surface area contributed by atoms with Crippen LogP contribution in [0.2, 0.25) is 0 Å². The number of carbonyl (C=O) groups excluding carboxylic acids is 3. The Morgan fingerprint density at radius 1 is 1.12 bits per heavy atom. The molecule has 2 aliphatic heterocycles. The van der Waals surface area contributed by atoms with E-state index in [1.807, 2.05) is 34.6 Å². The Morgan fingerprint density at radius 2 is 1.85 bits per heavy atom. The van der Waals surface area contributed by atoms with Crippen molar-refractivity contribution in [2.45, 2.75) is 19.9 Å². The molecule has 0 atom stereocenters. The minimum absolute atomic E-state index is 0.0573. The highest BCUT2D eigenvalue weighted by Gasteiger charge is 2.32. The molecule has 2 amide bonds. The average molecular weight is 609 g/mol. The molecular weight excluding hydrogens is 580 g/mol. The minimum atomic E-state index is -0.481. The van der Waals surface area contributed by atoms with Crippen LogP contribution in [0.1, 0.15) is 22.5 Å². The molecule has 208 valence electrons. The number of likely N-dealkylation sites (tertiary alicyclic amines) is 1. The Balaban J connectivity index is 1.30. The van der Waals surface area contributed by atoms with Crippen LogP contribution < -0.4 is 4.90 Å². The van der Waals surface area contributed by atoms with Crippen LogP contribution in [0.25, 0.3) is 10.9 Å². The van der Waals surface area contributed by atoms with Gasteiger partial charge in [0, 0.05) is 78.7 Å². The molecule has 2 saturated heterocycles. The summed E-state index contributed by atoms with van der Waals surface area (Å²) in [5.41, 5.74) is 2.08. The van der Waals surface area contributed by atoms with Crippen LogP contribution in [0.3, 0.4) is 0 Å². The lowest BCUT2D eigenvalue weighted by Crippen LogP contribution is -2.50. The number of nitro groups is 1. The van der Waals surface area contributed by atoms with Crippen molar-refractivity contribution in [1.29, 1.82) is 0 Å². The van der Waals surface area contributed by atoms with Crippen LogP contribution >= 0.6 is 15.9 Å². The minimum Gasteiger partial charge on any atom is -0.353 e. The van der Waals surface area contributed by atoms with E-state index in [9.17, 15) is 24.5 Å².